The van der Waals surface area contributed by atoms with Crippen LogP contribution in [0.3, 0.4) is 0 Å². The maximum Gasteiger partial charge on any atom is 0.0172 e. The fraction of sp³-hybridized carbons (Fsp3) is 0.200. The first-order valence-electron chi connectivity index (χ1n) is 2.18. The Bertz CT molecular complexity index is 84.3. The Labute approximate surface area is 47.5 Å². The lowest BCUT2D eigenvalue weighted by Crippen LogP contribution is -1.87. The molecule has 38 valence electrons. The van der Waals surface area contributed by atoms with Gasteiger partial charge < -0.3 is 5.32 Å². The van der Waals surface area contributed by atoms with E-state index in [1.165, 1.54) is 0 Å². The van der Waals surface area contributed by atoms with Gasteiger partial charge >= 0.3 is 0 Å². The van der Waals surface area contributed by atoms with Gasteiger partial charge in [-0.3, -0.25) is 0 Å². The Morgan fingerprint density at radius 2 is 2.43 bits per heavy atom. The van der Waals surface area contributed by atoms with E-state index >= 15 is 0 Å². The predicted octanol–water partition coefficient (Wildman–Crippen LogP) is 1.31. The van der Waals surface area contributed by atoms with Crippen LogP contribution in [0, 0.1) is 0 Å². The largest absolute Gasteiger partial charge is 0.367 e. The predicted molar refractivity (Wildman–Crippen MR) is 33.9 cm³/mol. The molecule has 0 aromatic carbocycles. The highest BCUT2D eigenvalue weighted by Crippen LogP contribution is 2.02. The van der Waals surface area contributed by atoms with E-state index in [0.29, 0.717) is 0 Å². The Kier molecular flexibility index (Phi) is 1.88. The van der Waals surface area contributed by atoms with Gasteiger partial charge in [0.2, 0.25) is 0 Å². The standard InChI is InChI=1S/C5H7NS/c1-2-6-3-5-7-4-1/h1-3,5-6H,4H2. The third-order valence-electron chi connectivity index (χ3n) is 0.667. The van der Waals surface area contributed by atoms with Crippen molar-refractivity contribution in [2.45, 2.75) is 0 Å². The van der Waals surface area contributed by atoms with Crippen molar-refractivity contribution in [1.29, 1.82) is 0 Å². The van der Waals surface area contributed by atoms with Gasteiger partial charge in [-0.1, -0.05) is 6.08 Å². The van der Waals surface area contributed by atoms with Crippen molar-refractivity contribution < 1.29 is 0 Å². The van der Waals surface area contributed by atoms with Gasteiger partial charge in [-0.2, -0.15) is 0 Å². The summed E-state index contributed by atoms with van der Waals surface area (Å²) in [6.45, 7) is 0. The van der Waals surface area contributed by atoms with Crippen molar-refractivity contribution in [3.8, 4) is 0 Å². The molecule has 0 amide bonds. The normalized spacial score (nSPS) is 18.3. The van der Waals surface area contributed by atoms with Crippen LogP contribution in [0.4, 0.5) is 0 Å². The van der Waals surface area contributed by atoms with Crippen LogP contribution < -0.4 is 5.32 Å². The molecule has 0 aromatic rings. The smallest absolute Gasteiger partial charge is 0.0172 e. The number of hydrogen-bond donors (Lipinski definition) is 1. The lowest BCUT2D eigenvalue weighted by atomic mass is 10.7. The van der Waals surface area contributed by atoms with Crippen molar-refractivity contribution in [1.82, 2.24) is 5.32 Å². The number of hydrogen-bond acceptors (Lipinski definition) is 2. The third-order valence-corrected chi connectivity index (χ3v) is 1.38. The van der Waals surface area contributed by atoms with E-state index in [-0.39, 0.29) is 0 Å². The summed E-state index contributed by atoms with van der Waals surface area (Å²) in [4.78, 5) is 0. The summed E-state index contributed by atoms with van der Waals surface area (Å²) in [5.74, 6) is 1.09. The maximum atomic E-state index is 2.97. The summed E-state index contributed by atoms with van der Waals surface area (Å²) in [5.41, 5.74) is 0. The molecule has 1 heterocycles. The summed E-state index contributed by atoms with van der Waals surface area (Å²) in [6.07, 6.45) is 5.95. The van der Waals surface area contributed by atoms with Gasteiger partial charge in [-0.15, -0.1) is 11.8 Å². The first kappa shape index (κ1) is 4.78. The third kappa shape index (κ3) is 1.69. The molecule has 2 heteroatoms. The molecule has 0 spiro atoms. The first-order valence-corrected chi connectivity index (χ1v) is 3.23. The summed E-state index contributed by atoms with van der Waals surface area (Å²) >= 11 is 1.79. The lowest BCUT2D eigenvalue weighted by Gasteiger charge is -1.78. The molecule has 0 radical (unpaired) electrons. The molecule has 1 rings (SSSR count). The molecular formula is C5H7NS. The Balaban J connectivity index is 2.38. The van der Waals surface area contributed by atoms with Crippen molar-refractivity contribution in [3.63, 3.8) is 0 Å². The Hall–Kier alpha value is -0.370. The molecule has 1 aliphatic rings. The lowest BCUT2D eigenvalue weighted by molar-refractivity contribution is 1.20. The summed E-state index contributed by atoms with van der Waals surface area (Å²) < 4.78 is 0. The van der Waals surface area contributed by atoms with Crippen LogP contribution in [0.1, 0.15) is 0 Å². The van der Waals surface area contributed by atoms with Crippen LogP contribution in [0.15, 0.2) is 23.9 Å². The maximum absolute atomic E-state index is 2.97. The van der Waals surface area contributed by atoms with E-state index in [9.17, 15) is 0 Å². The Morgan fingerprint density at radius 3 is 3.43 bits per heavy atom. The first-order chi connectivity index (χ1) is 3.50. The van der Waals surface area contributed by atoms with Crippen LogP contribution in [0.25, 0.3) is 0 Å². The fourth-order valence-corrected chi connectivity index (χ4v) is 0.863. The molecule has 1 nitrogen and oxygen atoms in total. The van der Waals surface area contributed by atoms with E-state index in [0.717, 1.165) is 5.75 Å². The molecule has 1 aliphatic heterocycles. The van der Waals surface area contributed by atoms with Crippen LogP contribution in [0.5, 0.6) is 0 Å². The van der Waals surface area contributed by atoms with Crippen LogP contribution in [-0.4, -0.2) is 5.75 Å². The topological polar surface area (TPSA) is 12.0 Å². The second-order valence-corrected chi connectivity index (χ2v) is 2.14. The molecule has 0 aromatic heterocycles. The number of nitrogens with one attached hydrogen (secondary N) is 1. The van der Waals surface area contributed by atoms with Gasteiger partial charge in [0.1, 0.15) is 0 Å². The molecule has 0 aliphatic carbocycles. The van der Waals surface area contributed by atoms with Gasteiger partial charge in [0.25, 0.3) is 0 Å². The minimum atomic E-state index is 1.09. The van der Waals surface area contributed by atoms with Gasteiger partial charge in [0.15, 0.2) is 0 Å². The Morgan fingerprint density at radius 1 is 1.43 bits per heavy atom. The second-order valence-electron chi connectivity index (χ2n) is 1.21. The average molecular weight is 113 g/mol. The average Bonchev–Trinajstić information content (AvgIpc) is 1.90. The highest BCUT2D eigenvalue weighted by atomic mass is 32.2. The molecule has 0 saturated carbocycles. The van der Waals surface area contributed by atoms with E-state index in [1.54, 1.807) is 11.8 Å². The molecule has 1 N–H and O–H groups in total. The number of rotatable bonds is 0. The molecule has 0 atom stereocenters. The second kappa shape index (κ2) is 2.75. The van der Waals surface area contributed by atoms with Crippen molar-refractivity contribution in [3.05, 3.63) is 23.9 Å². The van der Waals surface area contributed by atoms with E-state index < -0.39 is 0 Å². The zero-order valence-corrected chi connectivity index (χ0v) is 4.74. The molecule has 0 saturated heterocycles. The van der Waals surface area contributed by atoms with Crippen LogP contribution in [0.2, 0.25) is 0 Å². The summed E-state index contributed by atoms with van der Waals surface area (Å²) in [6, 6.07) is 0. The zero-order chi connectivity index (χ0) is 4.95. The van der Waals surface area contributed by atoms with Crippen LogP contribution >= 0.6 is 11.8 Å². The van der Waals surface area contributed by atoms with E-state index in [4.69, 9.17) is 0 Å². The van der Waals surface area contributed by atoms with E-state index in [1.807, 2.05) is 17.8 Å². The molecule has 0 bridgehead atoms. The minimum Gasteiger partial charge on any atom is -0.367 e. The van der Waals surface area contributed by atoms with Crippen LogP contribution in [-0.2, 0) is 0 Å². The van der Waals surface area contributed by atoms with Gasteiger partial charge in [0, 0.05) is 12.0 Å². The SMILES string of the molecule is C1=CNC=CSC1. The molecule has 7 heavy (non-hydrogen) atoms. The highest BCUT2D eigenvalue weighted by Gasteiger charge is 1.78. The molecular weight excluding hydrogens is 106 g/mol. The van der Waals surface area contributed by atoms with Crippen molar-refractivity contribution in [2.24, 2.45) is 0 Å². The quantitative estimate of drug-likeness (QED) is 0.508. The van der Waals surface area contributed by atoms with Gasteiger partial charge in [-0.05, 0) is 11.6 Å². The van der Waals surface area contributed by atoms with Gasteiger partial charge in [-0.25, -0.2) is 0 Å². The van der Waals surface area contributed by atoms with E-state index in [2.05, 4.69) is 11.4 Å². The van der Waals surface area contributed by atoms with Gasteiger partial charge in [0.05, 0.1) is 0 Å². The highest BCUT2D eigenvalue weighted by molar-refractivity contribution is 8.02. The molecule has 0 unspecified atom stereocenters. The zero-order valence-electron chi connectivity index (χ0n) is 3.92. The molecule has 0 fully saturated rings. The van der Waals surface area contributed by atoms with Crippen molar-refractivity contribution >= 4 is 11.8 Å². The fourth-order valence-electron chi connectivity index (χ4n) is 0.370. The summed E-state index contributed by atoms with van der Waals surface area (Å²) in [5, 5.41) is 5.01. The number of thioether (sulfide) groups is 1. The van der Waals surface area contributed by atoms with Crippen molar-refractivity contribution in [2.75, 3.05) is 5.75 Å². The monoisotopic (exact) mass is 113 g/mol. The minimum absolute atomic E-state index is 1.09. The summed E-state index contributed by atoms with van der Waals surface area (Å²) in [7, 11) is 0.